The Labute approximate surface area is 456 Å². The summed E-state index contributed by atoms with van der Waals surface area (Å²) in [5.74, 6) is -0.603. The van der Waals surface area contributed by atoms with Gasteiger partial charge in [-0.25, -0.2) is 0 Å². The van der Waals surface area contributed by atoms with Crippen LogP contribution in [0.25, 0.3) is 0 Å². The van der Waals surface area contributed by atoms with Gasteiger partial charge in [-0.3, -0.25) is 0 Å². The van der Waals surface area contributed by atoms with E-state index in [0.717, 1.165) is 18.4 Å². The lowest BCUT2D eigenvalue weighted by Crippen LogP contribution is -2.65. The molecule has 452 valence electrons. The first-order valence-electron chi connectivity index (χ1n) is 28.4. The molecule has 8 aliphatic rings. The van der Waals surface area contributed by atoms with Crippen LogP contribution in [0.4, 0.5) is 0 Å². The Balaban J connectivity index is 0.990. The molecule has 0 amide bonds. The van der Waals surface area contributed by atoms with Gasteiger partial charge < -0.3 is 115 Å². The molecule has 0 bridgehead atoms. The highest BCUT2D eigenvalue weighted by atomic mass is 16.8. The topological polar surface area (TPSA) is 388 Å². The summed E-state index contributed by atoms with van der Waals surface area (Å²) < 4.78 is 42.5. The van der Waals surface area contributed by atoms with Crippen molar-refractivity contribution in [2.45, 2.75) is 254 Å². The first-order valence-corrected chi connectivity index (χ1v) is 28.4. The Morgan fingerprint density at radius 1 is 0.628 bits per heavy atom. The first kappa shape index (κ1) is 62.9. The molecule has 23 nitrogen and oxygen atoms in total. The molecule has 3 heterocycles. The van der Waals surface area contributed by atoms with Crippen molar-refractivity contribution in [3.8, 4) is 0 Å². The lowest BCUT2D eigenvalue weighted by Gasteiger charge is -2.67. The molecule has 3 aliphatic heterocycles. The van der Waals surface area contributed by atoms with E-state index in [1.54, 1.807) is 0 Å². The average molecular weight is 1120 g/mol. The molecular formula is C55H94O23. The average Bonchev–Trinajstić information content (AvgIpc) is 3.19. The van der Waals surface area contributed by atoms with Gasteiger partial charge in [0.25, 0.3) is 0 Å². The van der Waals surface area contributed by atoms with E-state index in [1.165, 1.54) is 13.8 Å². The summed E-state index contributed by atoms with van der Waals surface area (Å²) in [6.45, 7) is 13.8. The Hall–Kier alpha value is -1.18. The molecule has 0 radical (unpaired) electrons. The molecule has 4 saturated carbocycles. The summed E-state index contributed by atoms with van der Waals surface area (Å²) in [7, 11) is 0. The van der Waals surface area contributed by atoms with Gasteiger partial charge >= 0.3 is 0 Å². The fraction of sp³-hybridized carbons (Fsp3) is 0.964. The van der Waals surface area contributed by atoms with Gasteiger partial charge in [0, 0.05) is 23.4 Å². The van der Waals surface area contributed by atoms with Gasteiger partial charge in [0.2, 0.25) is 0 Å². The Kier molecular flexibility index (Phi) is 19.1. The van der Waals surface area contributed by atoms with Crippen LogP contribution in [0.15, 0.2) is 11.6 Å². The molecule has 23 heteroatoms. The molecule has 3 saturated heterocycles. The minimum Gasteiger partial charge on any atom is -0.396 e. The summed E-state index contributed by atoms with van der Waals surface area (Å²) in [4.78, 5) is 0. The predicted octanol–water partition coefficient (Wildman–Crippen LogP) is -2.57. The lowest BCUT2D eigenvalue weighted by molar-refractivity contribution is -0.377. The van der Waals surface area contributed by atoms with Crippen LogP contribution in [0, 0.1) is 51.2 Å². The van der Waals surface area contributed by atoms with Gasteiger partial charge in [0.15, 0.2) is 18.9 Å². The highest BCUT2D eigenvalue weighted by Crippen LogP contribution is 2.75. The number of aliphatic hydroxyl groups is 16. The third-order valence-electron chi connectivity index (χ3n) is 21.3. The smallest absolute Gasteiger partial charge is 0.187 e. The summed E-state index contributed by atoms with van der Waals surface area (Å²) in [6, 6.07) is 0. The van der Waals surface area contributed by atoms with Gasteiger partial charge in [0.1, 0.15) is 85.5 Å². The van der Waals surface area contributed by atoms with Crippen molar-refractivity contribution >= 4 is 0 Å². The van der Waals surface area contributed by atoms with Crippen LogP contribution in [0.1, 0.15) is 113 Å². The summed E-state index contributed by atoms with van der Waals surface area (Å²) >= 11 is 0. The number of hydrogen-bond acceptors (Lipinski definition) is 23. The minimum atomic E-state index is -1.92. The number of ether oxygens (including phenoxy) is 7. The highest BCUT2D eigenvalue weighted by molar-refractivity contribution is 5.32. The molecule has 3 unspecified atom stereocenters. The number of rotatable bonds is 17. The Morgan fingerprint density at radius 2 is 1.21 bits per heavy atom. The molecule has 7 fully saturated rings. The van der Waals surface area contributed by atoms with E-state index in [1.807, 2.05) is 0 Å². The van der Waals surface area contributed by atoms with Gasteiger partial charge in [-0.15, -0.1) is 0 Å². The number of hydrogen-bond donors (Lipinski definition) is 16. The monoisotopic (exact) mass is 1120 g/mol. The van der Waals surface area contributed by atoms with Crippen molar-refractivity contribution in [2.24, 2.45) is 51.2 Å². The molecule has 0 spiro atoms. The van der Waals surface area contributed by atoms with E-state index in [4.69, 9.17) is 33.2 Å². The largest absolute Gasteiger partial charge is 0.396 e. The third kappa shape index (κ3) is 11.0. The third-order valence-corrected chi connectivity index (χ3v) is 21.3. The fourth-order valence-corrected chi connectivity index (χ4v) is 16.1. The second-order valence-corrected chi connectivity index (χ2v) is 26.4. The van der Waals surface area contributed by atoms with Gasteiger partial charge in [-0.2, -0.15) is 0 Å². The van der Waals surface area contributed by atoms with E-state index in [0.29, 0.717) is 32.1 Å². The maximum absolute atomic E-state index is 12.7. The predicted molar refractivity (Wildman–Crippen MR) is 271 cm³/mol. The molecule has 16 N–H and O–H groups in total. The zero-order valence-corrected chi connectivity index (χ0v) is 46.4. The van der Waals surface area contributed by atoms with E-state index in [2.05, 4.69) is 47.6 Å². The van der Waals surface area contributed by atoms with Crippen molar-refractivity contribution in [3.05, 3.63) is 11.6 Å². The maximum atomic E-state index is 12.7. The van der Waals surface area contributed by atoms with Crippen LogP contribution in [0.2, 0.25) is 0 Å². The van der Waals surface area contributed by atoms with Gasteiger partial charge in [-0.1, -0.05) is 53.2 Å². The molecule has 0 aromatic heterocycles. The first-order chi connectivity index (χ1) is 36.4. The second kappa shape index (κ2) is 23.7. The maximum Gasteiger partial charge on any atom is 0.187 e. The van der Waals surface area contributed by atoms with Crippen molar-refractivity contribution in [1.29, 1.82) is 0 Å². The molecule has 30 atom stereocenters. The van der Waals surface area contributed by atoms with E-state index in [9.17, 15) is 81.7 Å². The number of fused-ring (bicyclic) bond motifs is 5. The number of allylic oxidation sites excluding steroid dienone is 1. The van der Waals surface area contributed by atoms with Crippen LogP contribution < -0.4 is 0 Å². The zero-order chi connectivity index (χ0) is 57.5. The quantitative estimate of drug-likeness (QED) is 0.0666. The summed E-state index contributed by atoms with van der Waals surface area (Å²) in [6.07, 6.45) is -25.1. The van der Waals surface area contributed by atoms with E-state index < -0.39 is 184 Å². The van der Waals surface area contributed by atoms with Crippen LogP contribution in [-0.4, -0.2) is 249 Å². The van der Waals surface area contributed by atoms with Crippen LogP contribution in [0.3, 0.4) is 0 Å². The van der Waals surface area contributed by atoms with Gasteiger partial charge in [-0.05, 0) is 106 Å². The molecular weight excluding hydrogens is 1030 g/mol. The standard InChI is InChI=1S/C55H94O23/c1-23(25-15-16-53(6)32-12-10-26-27(55(32,8)33(60)18-54(25,53)7)11-14-34(51(26,2)3)76-48-44(69)41(66)38(63)29(20-57)73-48)9-13-35(52(4,5)71)77-50-47(78-49-45(70)42(67)39(64)30(21-58)74-49)43(68)40(65)31(75-50)22-72-46-36(61)24(19-56)17-28(59)37(46)62/h10,23-25,27-50,56-71H,9,11-22H2,1-8H3/t23-,24+,25?,27?,28+,29-,30+,31-,32?,33-,34+,35-,36-,37-,38-,39+,40-,41+,42-,43+,44-,45+,46+,47-,48+,49-,50+,53+,54-,55+/m1/s1. The van der Waals surface area contributed by atoms with Crippen LogP contribution in [0.5, 0.6) is 0 Å². The fourth-order valence-electron chi connectivity index (χ4n) is 16.1. The molecule has 78 heavy (non-hydrogen) atoms. The van der Waals surface area contributed by atoms with Crippen molar-refractivity contribution in [3.63, 3.8) is 0 Å². The van der Waals surface area contributed by atoms with Crippen molar-refractivity contribution < 1.29 is 115 Å². The SMILES string of the molecule is C[C@H](CC[C@@H](O[C@@H]1O[C@H](CO[C@H]2[C@H](O)[C@H](CO)C[C@H](O)[C@H]2O)[C@@H](O)[C@H](O)[C@H]1O[C@H]1O[C@@H](CO)[C@H](O)[C@@H](O)[C@@H]1O)C(C)(C)O)C1CC[C@@]2(C)C3CC=C4C(CC[C@H](O[C@@H]5O[C@H](CO)[C@@H](O)[C@H](O)[C@H]5O)C4(C)C)[C@]3(C)[C@H](O)C[C@]12C. The molecule has 5 aliphatic carbocycles. The van der Waals surface area contributed by atoms with Crippen molar-refractivity contribution in [2.75, 3.05) is 26.4 Å². The molecule has 0 aromatic carbocycles. The zero-order valence-electron chi connectivity index (χ0n) is 46.4. The lowest BCUT2D eigenvalue weighted by atomic mass is 9.38. The normalized spacial score (nSPS) is 51.4. The Bertz CT molecular complexity index is 2020. The van der Waals surface area contributed by atoms with E-state index in [-0.39, 0.29) is 47.3 Å². The minimum absolute atomic E-state index is 0.0109. The second-order valence-electron chi connectivity index (χ2n) is 26.4. The van der Waals surface area contributed by atoms with Crippen LogP contribution in [-0.2, 0) is 33.2 Å². The van der Waals surface area contributed by atoms with Crippen LogP contribution >= 0.6 is 0 Å². The highest BCUT2D eigenvalue weighted by Gasteiger charge is 2.70. The summed E-state index contributed by atoms with van der Waals surface area (Å²) in [5.41, 5.74) is -2.04. The molecule has 8 rings (SSSR count). The number of aliphatic hydroxyl groups excluding tert-OH is 15. The van der Waals surface area contributed by atoms with Crippen molar-refractivity contribution in [1.82, 2.24) is 0 Å². The summed E-state index contributed by atoms with van der Waals surface area (Å²) in [5, 5.41) is 173. The van der Waals surface area contributed by atoms with E-state index >= 15 is 0 Å². The Morgan fingerprint density at radius 3 is 1.78 bits per heavy atom. The molecule has 0 aromatic rings. The van der Waals surface area contributed by atoms with Gasteiger partial charge in [0.05, 0.1) is 55.9 Å².